The zero-order chi connectivity index (χ0) is 20.3. The smallest absolute Gasteiger partial charge is 0.239 e. The van der Waals surface area contributed by atoms with Crippen molar-refractivity contribution in [2.45, 2.75) is 17.5 Å². The lowest BCUT2D eigenvalue weighted by atomic mass is 9.98. The largest absolute Gasteiger partial charge is 0.467 e. The van der Waals surface area contributed by atoms with E-state index in [1.807, 2.05) is 0 Å². The Kier molecular flexibility index (Phi) is 5.85. The molecule has 1 unspecified atom stereocenters. The number of furan rings is 1. The molecule has 146 valence electrons. The first-order valence-electron chi connectivity index (χ1n) is 8.17. The molecule has 0 saturated carbocycles. The van der Waals surface area contributed by atoms with E-state index in [9.17, 15) is 18.3 Å². The van der Waals surface area contributed by atoms with Gasteiger partial charge in [-0.25, -0.2) is 13.6 Å². The van der Waals surface area contributed by atoms with Gasteiger partial charge in [-0.1, -0.05) is 41.9 Å². The molecule has 0 amide bonds. The molecular weight excluding hydrogens is 404 g/mol. The average molecular weight is 421 g/mol. The van der Waals surface area contributed by atoms with E-state index in [2.05, 4.69) is 5.32 Å². The first kappa shape index (κ1) is 20.1. The molecule has 0 spiro atoms. The van der Waals surface area contributed by atoms with Crippen molar-refractivity contribution >= 4 is 33.1 Å². The SMILES string of the molecule is NS(=O)(=O)c1cc(C(=O)C(O)c2ccccc2)c(NCc2ccco2)cc1Cl. The van der Waals surface area contributed by atoms with Crippen LogP contribution in [0.4, 0.5) is 5.69 Å². The van der Waals surface area contributed by atoms with Gasteiger partial charge in [0.25, 0.3) is 0 Å². The number of sulfonamides is 1. The predicted molar refractivity (Wildman–Crippen MR) is 105 cm³/mol. The summed E-state index contributed by atoms with van der Waals surface area (Å²) in [6.45, 7) is 0.222. The van der Waals surface area contributed by atoms with Gasteiger partial charge in [0.2, 0.25) is 10.0 Å². The second kappa shape index (κ2) is 8.15. The van der Waals surface area contributed by atoms with Crippen LogP contribution in [0.5, 0.6) is 0 Å². The Labute approximate surface area is 166 Å². The minimum absolute atomic E-state index is 0.0589. The predicted octanol–water partition coefficient (Wildman–Crippen LogP) is 3.11. The van der Waals surface area contributed by atoms with Crippen LogP contribution in [0, 0.1) is 0 Å². The molecule has 0 radical (unpaired) electrons. The molecule has 0 aliphatic rings. The summed E-state index contributed by atoms with van der Waals surface area (Å²) in [5.74, 6) is -0.108. The molecule has 1 atom stereocenters. The van der Waals surface area contributed by atoms with Crippen molar-refractivity contribution in [3.05, 3.63) is 82.8 Å². The van der Waals surface area contributed by atoms with E-state index < -0.39 is 26.8 Å². The number of halogens is 1. The number of carbonyl (C=O) groups excluding carboxylic acids is 1. The first-order chi connectivity index (χ1) is 13.3. The van der Waals surface area contributed by atoms with Crippen LogP contribution in [0.1, 0.15) is 27.8 Å². The van der Waals surface area contributed by atoms with Crippen molar-refractivity contribution in [1.82, 2.24) is 0 Å². The number of nitrogens with two attached hydrogens (primary N) is 1. The molecule has 3 aromatic rings. The van der Waals surface area contributed by atoms with Gasteiger partial charge < -0.3 is 14.8 Å². The third-order valence-electron chi connectivity index (χ3n) is 4.04. The fourth-order valence-corrected chi connectivity index (χ4v) is 3.75. The first-order valence-corrected chi connectivity index (χ1v) is 10.1. The zero-order valence-electron chi connectivity index (χ0n) is 14.5. The minimum atomic E-state index is -4.17. The number of rotatable bonds is 7. The molecule has 0 saturated heterocycles. The molecule has 0 bridgehead atoms. The van der Waals surface area contributed by atoms with Crippen LogP contribution in [0.25, 0.3) is 0 Å². The van der Waals surface area contributed by atoms with E-state index in [1.165, 1.54) is 12.3 Å². The van der Waals surface area contributed by atoms with Crippen LogP contribution in [-0.2, 0) is 16.6 Å². The molecule has 1 heterocycles. The van der Waals surface area contributed by atoms with Gasteiger partial charge >= 0.3 is 0 Å². The van der Waals surface area contributed by atoms with E-state index in [0.29, 0.717) is 11.3 Å². The molecule has 2 aromatic carbocycles. The van der Waals surface area contributed by atoms with Crippen molar-refractivity contribution < 1.29 is 22.7 Å². The van der Waals surface area contributed by atoms with E-state index in [0.717, 1.165) is 6.07 Å². The van der Waals surface area contributed by atoms with Gasteiger partial charge in [-0.2, -0.15) is 0 Å². The Morgan fingerprint density at radius 3 is 2.50 bits per heavy atom. The standard InChI is InChI=1S/C19H17ClN2O5S/c20-15-10-16(22-11-13-7-4-8-27-13)14(9-17(15)28(21,25)26)19(24)18(23)12-5-2-1-3-6-12/h1-10,18,22-23H,11H2,(H2,21,25,26). The Bertz CT molecular complexity index is 1080. The Morgan fingerprint density at radius 2 is 1.89 bits per heavy atom. The second-order valence-electron chi connectivity index (χ2n) is 5.98. The number of hydrogen-bond acceptors (Lipinski definition) is 6. The summed E-state index contributed by atoms with van der Waals surface area (Å²) in [5, 5.41) is 18.5. The van der Waals surface area contributed by atoms with Crippen molar-refractivity contribution in [1.29, 1.82) is 0 Å². The highest BCUT2D eigenvalue weighted by atomic mass is 35.5. The molecule has 28 heavy (non-hydrogen) atoms. The van der Waals surface area contributed by atoms with Crippen molar-refractivity contribution in [3.63, 3.8) is 0 Å². The number of aliphatic hydroxyl groups excluding tert-OH is 1. The number of ketones is 1. The number of carbonyl (C=O) groups is 1. The van der Waals surface area contributed by atoms with E-state index in [1.54, 1.807) is 42.5 Å². The van der Waals surface area contributed by atoms with E-state index >= 15 is 0 Å². The molecule has 1 aromatic heterocycles. The van der Waals surface area contributed by atoms with Crippen molar-refractivity contribution in [2.24, 2.45) is 5.14 Å². The summed E-state index contributed by atoms with van der Waals surface area (Å²) in [4.78, 5) is 12.5. The quantitative estimate of drug-likeness (QED) is 0.505. The minimum Gasteiger partial charge on any atom is -0.467 e. The molecular formula is C19H17ClN2O5S. The van der Waals surface area contributed by atoms with Crippen molar-refractivity contribution in [2.75, 3.05) is 5.32 Å². The summed E-state index contributed by atoms with van der Waals surface area (Å²) >= 11 is 6.05. The molecule has 9 heteroatoms. The lowest BCUT2D eigenvalue weighted by Crippen LogP contribution is -2.18. The molecule has 4 N–H and O–H groups in total. The summed E-state index contributed by atoms with van der Waals surface area (Å²) < 4.78 is 28.9. The van der Waals surface area contributed by atoms with Gasteiger partial charge in [0, 0.05) is 11.3 Å². The highest BCUT2D eigenvalue weighted by molar-refractivity contribution is 7.89. The number of nitrogens with one attached hydrogen (secondary N) is 1. The highest BCUT2D eigenvalue weighted by Gasteiger charge is 2.25. The normalized spacial score (nSPS) is 12.5. The number of primary sulfonamides is 1. The van der Waals surface area contributed by atoms with Gasteiger partial charge in [-0.3, -0.25) is 4.79 Å². The van der Waals surface area contributed by atoms with E-state index in [4.69, 9.17) is 21.2 Å². The van der Waals surface area contributed by atoms with Crippen LogP contribution in [0.15, 0.2) is 70.2 Å². The van der Waals surface area contributed by atoms with Crippen LogP contribution in [0.3, 0.4) is 0 Å². The van der Waals surface area contributed by atoms with Gasteiger partial charge in [-0.05, 0) is 29.8 Å². The third kappa shape index (κ3) is 4.42. The average Bonchev–Trinajstić information content (AvgIpc) is 3.18. The number of benzene rings is 2. The molecule has 0 fully saturated rings. The summed E-state index contributed by atoms with van der Waals surface area (Å²) in [7, 11) is -4.17. The maximum atomic E-state index is 12.9. The number of aliphatic hydroxyl groups is 1. The fourth-order valence-electron chi connectivity index (χ4n) is 2.65. The number of anilines is 1. The second-order valence-corrected chi connectivity index (χ2v) is 7.92. The Balaban J connectivity index is 2.03. The molecule has 3 rings (SSSR count). The zero-order valence-corrected chi connectivity index (χ0v) is 16.1. The van der Waals surface area contributed by atoms with Crippen LogP contribution in [0.2, 0.25) is 5.02 Å². The van der Waals surface area contributed by atoms with Crippen LogP contribution in [-0.4, -0.2) is 19.3 Å². The lowest BCUT2D eigenvalue weighted by molar-refractivity contribution is 0.0748. The summed E-state index contributed by atoms with van der Waals surface area (Å²) in [6.07, 6.45) is 0.0131. The fraction of sp³-hybridized carbons (Fsp3) is 0.105. The molecule has 0 aliphatic heterocycles. The highest BCUT2D eigenvalue weighted by Crippen LogP contribution is 2.31. The van der Waals surface area contributed by atoms with E-state index in [-0.39, 0.29) is 22.8 Å². The van der Waals surface area contributed by atoms with Crippen molar-refractivity contribution in [3.8, 4) is 0 Å². The Hall–Kier alpha value is -2.65. The van der Waals surface area contributed by atoms with Gasteiger partial charge in [0.1, 0.15) is 16.8 Å². The number of Topliss-reactive ketones (excluding diaryl/α,β-unsaturated/α-hetero) is 1. The number of hydrogen-bond donors (Lipinski definition) is 3. The van der Waals surface area contributed by atoms with Gasteiger partial charge in [0.05, 0.1) is 17.8 Å². The topological polar surface area (TPSA) is 123 Å². The Morgan fingerprint density at radius 1 is 1.18 bits per heavy atom. The van der Waals surface area contributed by atoms with Crippen LogP contribution >= 0.6 is 11.6 Å². The molecule has 7 nitrogen and oxygen atoms in total. The summed E-state index contributed by atoms with van der Waals surface area (Å²) in [6, 6.07) is 14.1. The molecule has 0 aliphatic carbocycles. The van der Waals surface area contributed by atoms with Gasteiger partial charge in [-0.15, -0.1) is 0 Å². The third-order valence-corrected chi connectivity index (χ3v) is 5.42. The monoisotopic (exact) mass is 420 g/mol. The maximum Gasteiger partial charge on any atom is 0.239 e. The lowest BCUT2D eigenvalue weighted by Gasteiger charge is -2.16. The van der Waals surface area contributed by atoms with Crippen LogP contribution < -0.4 is 10.5 Å². The maximum absolute atomic E-state index is 12.9. The summed E-state index contributed by atoms with van der Waals surface area (Å²) in [5.41, 5.74) is 0.557. The van der Waals surface area contributed by atoms with Gasteiger partial charge in [0.15, 0.2) is 5.78 Å².